The fourth-order valence-electron chi connectivity index (χ4n) is 6.45. The molecule has 7 aromatic rings. The van der Waals surface area contributed by atoms with Gasteiger partial charge < -0.3 is 9.80 Å². The number of rotatable bonds is 4. The third kappa shape index (κ3) is 4.38. The van der Waals surface area contributed by atoms with Crippen molar-refractivity contribution >= 4 is 70.1 Å². The predicted molar refractivity (Wildman–Crippen MR) is 197 cm³/mol. The lowest BCUT2D eigenvalue weighted by Crippen LogP contribution is -2.25. The van der Waals surface area contributed by atoms with Crippen LogP contribution in [0.25, 0.3) is 33.9 Å². The number of fused-ring (bicyclic) bond motifs is 5. The van der Waals surface area contributed by atoms with Crippen molar-refractivity contribution in [3.63, 3.8) is 0 Å². The fourth-order valence-corrected chi connectivity index (χ4v) is 7.20. The van der Waals surface area contributed by atoms with Crippen molar-refractivity contribution in [2.24, 2.45) is 4.40 Å². The van der Waals surface area contributed by atoms with E-state index < -0.39 is 0 Å². The van der Waals surface area contributed by atoms with E-state index in [9.17, 15) is 0 Å². The van der Waals surface area contributed by atoms with Gasteiger partial charge in [0.05, 0.1) is 45.9 Å². The van der Waals surface area contributed by atoms with Gasteiger partial charge in [0, 0.05) is 22.5 Å². The minimum Gasteiger partial charge on any atom is -0.306 e. The molecule has 2 aromatic heterocycles. The van der Waals surface area contributed by atoms with Crippen molar-refractivity contribution in [3.8, 4) is 33.9 Å². The maximum absolute atomic E-state index is 8.75. The second-order valence-electron chi connectivity index (χ2n) is 11.3. The predicted octanol–water partition coefficient (Wildman–Crippen LogP) is 9.60. The van der Waals surface area contributed by atoms with Gasteiger partial charge in [0.25, 0.3) is 0 Å². The molecule has 5 aromatic carbocycles. The smallest absolute Gasteiger partial charge is 0.135 e. The number of para-hydroxylation sites is 5. The van der Waals surface area contributed by atoms with E-state index in [0.29, 0.717) is 39.9 Å². The molecule has 8 nitrogen and oxygen atoms in total. The Bertz CT molecular complexity index is 2340. The summed E-state index contributed by atoms with van der Waals surface area (Å²) >= 11 is 5.26. The second-order valence-corrected chi connectivity index (χ2v) is 12.0. The molecule has 0 saturated carbocycles. The van der Waals surface area contributed by atoms with Crippen molar-refractivity contribution in [3.05, 3.63) is 145 Å². The molecule has 0 unspecified atom stereocenters. The zero-order chi connectivity index (χ0) is 32.2. The molecule has 1 N–H and O–H groups in total. The zero-order valence-electron chi connectivity index (χ0n) is 25.2. The van der Waals surface area contributed by atoms with Gasteiger partial charge in [-0.3, -0.25) is 5.41 Å². The minimum absolute atomic E-state index is 0.135. The first-order valence-electron chi connectivity index (χ1n) is 15.3. The van der Waals surface area contributed by atoms with Crippen LogP contribution in [-0.4, -0.2) is 30.1 Å². The largest absolute Gasteiger partial charge is 0.306 e. The third-order valence-electron chi connectivity index (χ3n) is 8.59. The van der Waals surface area contributed by atoms with Gasteiger partial charge in [-0.1, -0.05) is 84.9 Å². The van der Waals surface area contributed by atoms with Crippen molar-refractivity contribution in [1.82, 2.24) is 18.7 Å². The molecule has 0 fully saturated rings. The van der Waals surface area contributed by atoms with Crippen molar-refractivity contribution in [1.29, 1.82) is 5.41 Å². The molecule has 1 aliphatic carbocycles. The summed E-state index contributed by atoms with van der Waals surface area (Å²) in [7, 11) is 0. The molecule has 0 amide bonds. The highest BCUT2D eigenvalue weighted by Crippen LogP contribution is 2.54. The molecule has 9 rings (SSSR count). The van der Waals surface area contributed by atoms with Crippen LogP contribution in [0.3, 0.4) is 0 Å². The van der Waals surface area contributed by atoms with E-state index in [1.54, 1.807) is 0 Å². The highest BCUT2D eigenvalue weighted by atomic mass is 32.1. The Kier molecular flexibility index (Phi) is 6.70. The minimum atomic E-state index is 0.135. The van der Waals surface area contributed by atoms with Crippen LogP contribution in [0.4, 0.5) is 34.1 Å². The van der Waals surface area contributed by atoms with Gasteiger partial charge in [-0.05, 0) is 61.3 Å². The number of nitrogens with zero attached hydrogens (tertiary/aromatic N) is 7. The van der Waals surface area contributed by atoms with E-state index in [-0.39, 0.29) is 5.71 Å². The summed E-state index contributed by atoms with van der Waals surface area (Å²) in [5.74, 6) is 0. The van der Waals surface area contributed by atoms with E-state index in [1.165, 1.54) is 0 Å². The van der Waals surface area contributed by atoms with E-state index in [4.69, 9.17) is 15.4 Å². The molecule has 10 heteroatoms. The lowest BCUT2D eigenvalue weighted by Gasteiger charge is -2.40. The van der Waals surface area contributed by atoms with Gasteiger partial charge in [-0.25, -0.2) is 14.4 Å². The van der Waals surface area contributed by atoms with Gasteiger partial charge >= 0.3 is 0 Å². The van der Waals surface area contributed by atoms with Gasteiger partial charge in [-0.15, -0.1) is 0 Å². The lowest BCUT2D eigenvalue weighted by molar-refractivity contribution is 1.16. The third-order valence-corrected chi connectivity index (χ3v) is 9.32. The summed E-state index contributed by atoms with van der Waals surface area (Å²) in [6, 6.07) is 45.8. The normalized spacial score (nSPS) is 13.9. The standard InChI is InChI=1S/C38H24N8S2/c39-31-34(42-47)36-37(38-35(31)43-48-44-38)41-32(23-11-3-1-4-12-23)33(40-36)24-19-21-26(22-20-24)46-29-17-9-7-15-27(29)45(25-13-5-2-6-14-25)28-16-8-10-18-30(28)46/h1-22,39,47H/b39-31?,42-34+. The van der Waals surface area contributed by atoms with Crippen LogP contribution in [0.15, 0.2) is 138 Å². The van der Waals surface area contributed by atoms with Crippen LogP contribution in [0, 0.1) is 5.41 Å². The van der Waals surface area contributed by atoms with Crippen molar-refractivity contribution in [2.45, 2.75) is 0 Å². The van der Waals surface area contributed by atoms with E-state index in [1.807, 2.05) is 36.4 Å². The molecule has 0 spiro atoms. The maximum Gasteiger partial charge on any atom is 0.135 e. The van der Waals surface area contributed by atoms with Crippen LogP contribution < -0.4 is 9.80 Å². The quantitative estimate of drug-likeness (QED) is 0.183. The molecular formula is C38H24N8S2. The Morgan fingerprint density at radius 3 is 1.50 bits per heavy atom. The maximum atomic E-state index is 8.75. The number of benzene rings is 5. The van der Waals surface area contributed by atoms with Crippen molar-refractivity contribution < 1.29 is 0 Å². The molecule has 0 bridgehead atoms. The molecule has 0 atom stereocenters. The molecular weight excluding hydrogens is 633 g/mol. The monoisotopic (exact) mass is 656 g/mol. The Morgan fingerprint density at radius 1 is 0.479 bits per heavy atom. The number of hydrogen-bond acceptors (Lipinski definition) is 10. The molecule has 48 heavy (non-hydrogen) atoms. The SMILES string of the molecule is N=C1/C(=N\S)c2nc(-c3ccc(N4c5ccccc5N(c5ccccc5)c5ccccc54)cc3)c(-c3ccccc3)nc2-c2nsnc21. The number of hydrogen-bond donors (Lipinski definition) is 2. The van der Waals surface area contributed by atoms with Crippen LogP contribution in [0.5, 0.6) is 0 Å². The van der Waals surface area contributed by atoms with Crippen molar-refractivity contribution in [2.75, 3.05) is 9.80 Å². The van der Waals surface area contributed by atoms with Crippen LogP contribution >= 0.6 is 24.5 Å². The lowest BCUT2D eigenvalue weighted by atomic mass is 9.95. The van der Waals surface area contributed by atoms with Gasteiger partial charge in [0.15, 0.2) is 0 Å². The molecule has 2 aliphatic rings. The average molecular weight is 657 g/mol. The molecule has 228 valence electrons. The number of nitrogens with one attached hydrogen (secondary N) is 1. The molecule has 3 heterocycles. The molecule has 1 aliphatic heterocycles. The molecule has 0 radical (unpaired) electrons. The Labute approximate surface area is 286 Å². The fraction of sp³-hybridized carbons (Fsp3) is 0. The topological polar surface area (TPSA) is 94.2 Å². The van der Waals surface area contributed by atoms with Crippen LogP contribution in [0.1, 0.15) is 11.4 Å². The number of anilines is 6. The summed E-state index contributed by atoms with van der Waals surface area (Å²) in [6.07, 6.45) is 0. The summed E-state index contributed by atoms with van der Waals surface area (Å²) in [5.41, 5.74) is 12.1. The Hall–Kier alpha value is -5.97. The number of aromatic nitrogens is 4. The Morgan fingerprint density at radius 2 is 0.938 bits per heavy atom. The van der Waals surface area contributed by atoms with Gasteiger partial charge in [0.1, 0.15) is 34.2 Å². The van der Waals surface area contributed by atoms with E-state index in [2.05, 4.69) is 133 Å². The second kappa shape index (κ2) is 11.4. The summed E-state index contributed by atoms with van der Waals surface area (Å²) in [6.45, 7) is 0. The zero-order valence-corrected chi connectivity index (χ0v) is 26.9. The molecule has 0 saturated heterocycles. The first-order chi connectivity index (χ1) is 23.7. The van der Waals surface area contributed by atoms with Crippen LogP contribution in [-0.2, 0) is 0 Å². The summed E-state index contributed by atoms with van der Waals surface area (Å²) in [4.78, 5) is 14.9. The highest BCUT2D eigenvalue weighted by Gasteiger charge is 2.34. The Balaban J connectivity index is 1.20. The van der Waals surface area contributed by atoms with E-state index >= 15 is 0 Å². The first kappa shape index (κ1) is 28.3. The first-order valence-corrected chi connectivity index (χ1v) is 16.4. The average Bonchev–Trinajstić information content (AvgIpc) is 3.65. The number of thiol groups is 1. The van der Waals surface area contributed by atoms with Gasteiger partial charge in [-0.2, -0.15) is 8.75 Å². The summed E-state index contributed by atoms with van der Waals surface area (Å²) in [5, 5.41) is 8.75. The van der Waals surface area contributed by atoms with Crippen LogP contribution in [0.2, 0.25) is 0 Å². The highest BCUT2D eigenvalue weighted by molar-refractivity contribution is 7.79. The summed E-state index contributed by atoms with van der Waals surface area (Å²) < 4.78 is 13.0. The van der Waals surface area contributed by atoms with E-state index in [0.717, 1.165) is 57.0 Å². The van der Waals surface area contributed by atoms with Gasteiger partial charge in [0.2, 0.25) is 0 Å².